The first-order chi connectivity index (χ1) is 8.45. The Balaban J connectivity index is 1.98. The predicted molar refractivity (Wildman–Crippen MR) is 72.3 cm³/mol. The van der Waals surface area contributed by atoms with Crippen molar-refractivity contribution < 1.29 is 4.52 Å². The Morgan fingerprint density at radius 2 is 1.94 bits per heavy atom. The zero-order valence-electron chi connectivity index (χ0n) is 10.8. The third-order valence-electron chi connectivity index (χ3n) is 2.41. The second-order valence-corrected chi connectivity index (χ2v) is 5.89. The van der Waals surface area contributed by atoms with E-state index in [1.807, 2.05) is 13.8 Å². The summed E-state index contributed by atoms with van der Waals surface area (Å²) in [5.41, 5.74) is 6.56. The molecule has 96 valence electrons. The summed E-state index contributed by atoms with van der Waals surface area (Å²) in [6.45, 7) is 5.76. The lowest BCUT2D eigenvalue weighted by molar-refractivity contribution is 0.310. The van der Waals surface area contributed by atoms with E-state index in [1.165, 1.54) is 10.5 Å². The highest BCUT2D eigenvalue weighted by atomic mass is 32.2. The molecule has 18 heavy (non-hydrogen) atoms. The summed E-state index contributed by atoms with van der Waals surface area (Å²) >= 11 is 1.68. The standard InChI is InChI=1S/C13H17N3OS/c1-9-4-6-10(7-5-9)18-8-11-15-12(17-16-11)13(2,3)14/h4-7H,8,14H2,1-3H3. The van der Waals surface area contributed by atoms with Crippen LogP contribution in [0.5, 0.6) is 0 Å². The van der Waals surface area contributed by atoms with Gasteiger partial charge in [-0.1, -0.05) is 22.9 Å². The molecule has 0 aliphatic carbocycles. The molecule has 0 atom stereocenters. The van der Waals surface area contributed by atoms with Crippen LogP contribution < -0.4 is 5.73 Å². The van der Waals surface area contributed by atoms with Crippen LogP contribution in [0, 0.1) is 6.92 Å². The van der Waals surface area contributed by atoms with Crippen molar-refractivity contribution in [2.75, 3.05) is 0 Å². The van der Waals surface area contributed by atoms with Gasteiger partial charge in [0.15, 0.2) is 5.82 Å². The first-order valence-electron chi connectivity index (χ1n) is 5.76. The number of nitrogens with zero attached hydrogens (tertiary/aromatic N) is 2. The fraction of sp³-hybridized carbons (Fsp3) is 0.385. The van der Waals surface area contributed by atoms with Crippen molar-refractivity contribution in [1.29, 1.82) is 0 Å². The van der Waals surface area contributed by atoms with Crippen molar-refractivity contribution in [3.63, 3.8) is 0 Å². The van der Waals surface area contributed by atoms with Crippen LogP contribution in [0.25, 0.3) is 0 Å². The Bertz CT molecular complexity index is 514. The molecule has 0 radical (unpaired) electrons. The zero-order chi connectivity index (χ0) is 13.2. The molecule has 0 fully saturated rings. The average molecular weight is 263 g/mol. The van der Waals surface area contributed by atoms with Crippen molar-refractivity contribution in [1.82, 2.24) is 10.1 Å². The molecule has 4 nitrogen and oxygen atoms in total. The monoisotopic (exact) mass is 263 g/mol. The minimum Gasteiger partial charge on any atom is -0.337 e. The number of hydrogen-bond donors (Lipinski definition) is 1. The number of aromatic nitrogens is 2. The summed E-state index contributed by atoms with van der Waals surface area (Å²) in [6.07, 6.45) is 0. The predicted octanol–water partition coefficient (Wildman–Crippen LogP) is 2.86. The van der Waals surface area contributed by atoms with Crippen LogP contribution >= 0.6 is 11.8 Å². The minimum atomic E-state index is -0.584. The number of nitrogens with two attached hydrogens (primary N) is 1. The summed E-state index contributed by atoms with van der Waals surface area (Å²) < 4.78 is 5.14. The van der Waals surface area contributed by atoms with Crippen molar-refractivity contribution >= 4 is 11.8 Å². The van der Waals surface area contributed by atoms with E-state index in [0.717, 1.165) is 0 Å². The van der Waals surface area contributed by atoms with Crippen LogP contribution in [0.4, 0.5) is 0 Å². The maximum absolute atomic E-state index is 5.89. The highest BCUT2D eigenvalue weighted by molar-refractivity contribution is 7.98. The molecule has 0 unspecified atom stereocenters. The molecule has 0 saturated carbocycles. The zero-order valence-corrected chi connectivity index (χ0v) is 11.6. The van der Waals surface area contributed by atoms with Crippen molar-refractivity contribution in [3.8, 4) is 0 Å². The summed E-state index contributed by atoms with van der Waals surface area (Å²) in [5.74, 6) is 1.83. The highest BCUT2D eigenvalue weighted by Crippen LogP contribution is 2.23. The van der Waals surface area contributed by atoms with Gasteiger partial charge in [-0.2, -0.15) is 4.98 Å². The van der Waals surface area contributed by atoms with E-state index < -0.39 is 5.54 Å². The molecule has 0 aliphatic rings. The van der Waals surface area contributed by atoms with E-state index in [0.29, 0.717) is 17.5 Å². The molecule has 2 aromatic rings. The molecule has 0 amide bonds. The normalized spacial score (nSPS) is 11.8. The van der Waals surface area contributed by atoms with Crippen molar-refractivity contribution in [2.45, 2.75) is 37.0 Å². The van der Waals surface area contributed by atoms with Crippen LogP contribution in [0.2, 0.25) is 0 Å². The number of thioether (sulfide) groups is 1. The van der Waals surface area contributed by atoms with Crippen LogP contribution in [-0.2, 0) is 11.3 Å². The van der Waals surface area contributed by atoms with Crippen molar-refractivity contribution in [3.05, 3.63) is 41.5 Å². The van der Waals surface area contributed by atoms with Gasteiger partial charge >= 0.3 is 0 Å². The molecule has 1 aromatic carbocycles. The van der Waals surface area contributed by atoms with Crippen LogP contribution in [0.1, 0.15) is 31.1 Å². The third-order valence-corrected chi connectivity index (χ3v) is 3.42. The number of hydrogen-bond acceptors (Lipinski definition) is 5. The molecule has 1 aromatic heterocycles. The minimum absolute atomic E-state index is 0.474. The molecule has 1 heterocycles. The van der Waals surface area contributed by atoms with Gasteiger partial charge in [0.2, 0.25) is 5.89 Å². The van der Waals surface area contributed by atoms with Crippen LogP contribution in [-0.4, -0.2) is 10.1 Å². The van der Waals surface area contributed by atoms with Crippen molar-refractivity contribution in [2.24, 2.45) is 5.73 Å². The summed E-state index contributed by atoms with van der Waals surface area (Å²) in [6, 6.07) is 8.36. The lowest BCUT2D eigenvalue weighted by atomic mass is 10.1. The lowest BCUT2D eigenvalue weighted by Gasteiger charge is -2.10. The van der Waals surface area contributed by atoms with Crippen LogP contribution in [0.15, 0.2) is 33.7 Å². The molecule has 5 heteroatoms. The average Bonchev–Trinajstić information content (AvgIpc) is 2.77. The van der Waals surface area contributed by atoms with E-state index in [1.54, 1.807) is 11.8 Å². The van der Waals surface area contributed by atoms with Gasteiger partial charge in [-0.05, 0) is 32.9 Å². The van der Waals surface area contributed by atoms with Gasteiger partial charge < -0.3 is 10.3 Å². The number of benzene rings is 1. The van der Waals surface area contributed by atoms with Gasteiger partial charge in [0.1, 0.15) is 0 Å². The van der Waals surface area contributed by atoms with Crippen LogP contribution in [0.3, 0.4) is 0 Å². The maximum Gasteiger partial charge on any atom is 0.246 e. The Hall–Kier alpha value is -1.33. The second kappa shape index (κ2) is 5.12. The molecular weight excluding hydrogens is 246 g/mol. The molecular formula is C13H17N3OS. The van der Waals surface area contributed by atoms with E-state index in [-0.39, 0.29) is 0 Å². The van der Waals surface area contributed by atoms with Gasteiger partial charge in [-0.3, -0.25) is 0 Å². The van der Waals surface area contributed by atoms with Gasteiger partial charge in [0.05, 0.1) is 11.3 Å². The lowest BCUT2D eigenvalue weighted by Crippen LogP contribution is -2.29. The fourth-order valence-electron chi connectivity index (χ4n) is 1.36. The smallest absolute Gasteiger partial charge is 0.246 e. The fourth-order valence-corrected chi connectivity index (χ4v) is 2.10. The van der Waals surface area contributed by atoms with E-state index in [2.05, 4.69) is 41.3 Å². The molecule has 0 aliphatic heterocycles. The SMILES string of the molecule is Cc1ccc(SCc2noc(C(C)(C)N)n2)cc1. The Morgan fingerprint density at radius 3 is 2.50 bits per heavy atom. The van der Waals surface area contributed by atoms with Gasteiger partial charge in [-0.15, -0.1) is 11.8 Å². The Labute approximate surface area is 111 Å². The number of aryl methyl sites for hydroxylation is 1. The second-order valence-electron chi connectivity index (χ2n) is 4.84. The molecule has 0 saturated heterocycles. The van der Waals surface area contributed by atoms with Gasteiger partial charge in [0.25, 0.3) is 0 Å². The first-order valence-corrected chi connectivity index (χ1v) is 6.75. The largest absolute Gasteiger partial charge is 0.337 e. The third kappa shape index (κ3) is 3.34. The molecule has 0 bridgehead atoms. The van der Waals surface area contributed by atoms with E-state index in [9.17, 15) is 0 Å². The highest BCUT2D eigenvalue weighted by Gasteiger charge is 2.22. The van der Waals surface area contributed by atoms with Gasteiger partial charge in [-0.25, -0.2) is 0 Å². The van der Waals surface area contributed by atoms with Gasteiger partial charge in [0, 0.05) is 4.90 Å². The quantitative estimate of drug-likeness (QED) is 0.859. The summed E-state index contributed by atoms with van der Waals surface area (Å²) in [4.78, 5) is 5.48. The molecule has 2 N–H and O–H groups in total. The maximum atomic E-state index is 5.89. The Kier molecular flexibility index (Phi) is 3.73. The van der Waals surface area contributed by atoms with E-state index >= 15 is 0 Å². The Morgan fingerprint density at radius 1 is 1.28 bits per heavy atom. The first kappa shape index (κ1) is 13.1. The molecule has 2 rings (SSSR count). The summed E-state index contributed by atoms with van der Waals surface area (Å²) in [5, 5.41) is 3.93. The van der Waals surface area contributed by atoms with E-state index in [4.69, 9.17) is 10.3 Å². The summed E-state index contributed by atoms with van der Waals surface area (Å²) in [7, 11) is 0. The number of rotatable bonds is 4. The molecule has 0 spiro atoms. The topological polar surface area (TPSA) is 64.9 Å².